The lowest BCUT2D eigenvalue weighted by Gasteiger charge is -2.23. The Balaban J connectivity index is 2.34. The Morgan fingerprint density at radius 1 is 1.50 bits per heavy atom. The lowest BCUT2D eigenvalue weighted by Crippen LogP contribution is -2.23. The zero-order valence-electron chi connectivity index (χ0n) is 9.96. The van der Waals surface area contributed by atoms with Crippen LogP contribution >= 0.6 is 0 Å². The number of carbonyl (C=O) groups is 2. The van der Waals surface area contributed by atoms with Crippen LogP contribution in [-0.4, -0.2) is 47.1 Å². The molecule has 0 amide bonds. The van der Waals surface area contributed by atoms with Gasteiger partial charge in [0.15, 0.2) is 5.69 Å². The second-order valence-corrected chi connectivity index (χ2v) is 4.00. The Kier molecular flexibility index (Phi) is 3.61. The molecule has 2 rings (SSSR count). The summed E-state index contributed by atoms with van der Waals surface area (Å²) in [6, 6.07) is 1.19. The van der Waals surface area contributed by atoms with Gasteiger partial charge < -0.3 is 14.6 Å². The summed E-state index contributed by atoms with van der Waals surface area (Å²) in [7, 11) is 1.23. The lowest BCUT2D eigenvalue weighted by atomic mass is 10.1. The minimum absolute atomic E-state index is 0.00213. The molecule has 0 radical (unpaired) electrons. The van der Waals surface area contributed by atoms with Gasteiger partial charge in [0.2, 0.25) is 0 Å². The zero-order valence-corrected chi connectivity index (χ0v) is 9.96. The molecule has 1 aliphatic heterocycles. The zero-order chi connectivity index (χ0) is 13.1. The number of esters is 1. The SMILES string of the molecule is COC(=O)c1cc(C(=O)O)n(C2CCOCC2)n1. The number of nitrogens with zero attached hydrogens (tertiary/aromatic N) is 2. The van der Waals surface area contributed by atoms with Crippen molar-refractivity contribution in [3.05, 3.63) is 17.5 Å². The molecule has 1 aromatic heterocycles. The number of carbonyl (C=O) groups excluding carboxylic acids is 1. The first kappa shape index (κ1) is 12.6. The van der Waals surface area contributed by atoms with Crippen LogP contribution in [0.1, 0.15) is 39.9 Å². The summed E-state index contributed by atoms with van der Waals surface area (Å²) in [4.78, 5) is 22.5. The summed E-state index contributed by atoms with van der Waals surface area (Å²) in [6.07, 6.45) is 1.37. The average Bonchev–Trinajstić information content (AvgIpc) is 2.84. The topological polar surface area (TPSA) is 90.7 Å². The lowest BCUT2D eigenvalue weighted by molar-refractivity contribution is 0.0560. The molecule has 7 nitrogen and oxygen atoms in total. The summed E-state index contributed by atoms with van der Waals surface area (Å²) in [5.41, 5.74) is 0.0173. The van der Waals surface area contributed by atoms with E-state index in [1.807, 2.05) is 0 Å². The van der Waals surface area contributed by atoms with Gasteiger partial charge in [-0.05, 0) is 12.8 Å². The van der Waals surface area contributed by atoms with Crippen LogP contribution in [0.4, 0.5) is 0 Å². The minimum Gasteiger partial charge on any atom is -0.477 e. The van der Waals surface area contributed by atoms with Crippen LogP contribution < -0.4 is 0 Å². The Bertz CT molecular complexity index is 462. The van der Waals surface area contributed by atoms with E-state index in [2.05, 4.69) is 9.84 Å². The average molecular weight is 254 g/mol. The van der Waals surface area contributed by atoms with Crippen LogP contribution in [0.3, 0.4) is 0 Å². The molecule has 1 saturated heterocycles. The van der Waals surface area contributed by atoms with E-state index in [1.54, 1.807) is 0 Å². The molecule has 1 fully saturated rings. The van der Waals surface area contributed by atoms with Gasteiger partial charge in [-0.25, -0.2) is 9.59 Å². The number of ether oxygens (including phenoxy) is 2. The summed E-state index contributed by atoms with van der Waals surface area (Å²) in [5.74, 6) is -1.74. The normalized spacial score (nSPS) is 16.5. The Morgan fingerprint density at radius 2 is 2.17 bits per heavy atom. The van der Waals surface area contributed by atoms with E-state index in [1.165, 1.54) is 17.9 Å². The van der Waals surface area contributed by atoms with Gasteiger partial charge in [0.1, 0.15) is 5.69 Å². The Hall–Kier alpha value is -1.89. The number of hydrogen-bond donors (Lipinski definition) is 1. The van der Waals surface area contributed by atoms with Gasteiger partial charge in [0, 0.05) is 19.3 Å². The molecule has 2 heterocycles. The van der Waals surface area contributed by atoms with Crippen molar-refractivity contribution in [3.8, 4) is 0 Å². The molecule has 1 aromatic rings. The van der Waals surface area contributed by atoms with Crippen LogP contribution in [-0.2, 0) is 9.47 Å². The fraction of sp³-hybridized carbons (Fsp3) is 0.545. The molecule has 0 aliphatic carbocycles. The summed E-state index contributed by atoms with van der Waals surface area (Å²) >= 11 is 0. The monoisotopic (exact) mass is 254 g/mol. The standard InChI is InChI=1S/C11H14N2O5/c1-17-11(16)8-6-9(10(14)15)13(12-8)7-2-4-18-5-3-7/h6-7H,2-5H2,1H3,(H,14,15). The molecule has 18 heavy (non-hydrogen) atoms. The second kappa shape index (κ2) is 5.18. The first-order valence-corrected chi connectivity index (χ1v) is 5.62. The highest BCUT2D eigenvalue weighted by molar-refractivity contribution is 5.92. The molecule has 0 atom stereocenters. The van der Waals surface area contributed by atoms with Crippen molar-refractivity contribution in [2.24, 2.45) is 0 Å². The number of rotatable bonds is 3. The summed E-state index contributed by atoms with van der Waals surface area (Å²) < 4.78 is 11.1. The Labute approximate surface area is 103 Å². The van der Waals surface area contributed by atoms with Crippen molar-refractivity contribution in [3.63, 3.8) is 0 Å². The van der Waals surface area contributed by atoms with Gasteiger partial charge >= 0.3 is 11.9 Å². The number of aromatic carboxylic acids is 1. The van der Waals surface area contributed by atoms with E-state index >= 15 is 0 Å². The van der Waals surface area contributed by atoms with Crippen molar-refractivity contribution < 1.29 is 24.2 Å². The van der Waals surface area contributed by atoms with Gasteiger partial charge in [0.25, 0.3) is 0 Å². The van der Waals surface area contributed by atoms with E-state index in [9.17, 15) is 9.59 Å². The molecule has 98 valence electrons. The maximum Gasteiger partial charge on any atom is 0.358 e. The van der Waals surface area contributed by atoms with E-state index < -0.39 is 11.9 Å². The first-order chi connectivity index (χ1) is 8.63. The molecule has 0 bridgehead atoms. The van der Waals surface area contributed by atoms with E-state index in [4.69, 9.17) is 9.84 Å². The molecule has 1 aliphatic rings. The molecule has 0 spiro atoms. The highest BCUT2D eigenvalue weighted by atomic mass is 16.5. The molecule has 0 aromatic carbocycles. The van der Waals surface area contributed by atoms with Crippen LogP contribution in [0, 0.1) is 0 Å². The van der Waals surface area contributed by atoms with Gasteiger partial charge in [0.05, 0.1) is 13.2 Å². The molecular formula is C11H14N2O5. The second-order valence-electron chi connectivity index (χ2n) is 4.00. The third-order valence-corrected chi connectivity index (χ3v) is 2.89. The van der Waals surface area contributed by atoms with E-state index in [0.29, 0.717) is 26.1 Å². The summed E-state index contributed by atoms with van der Waals surface area (Å²) in [6.45, 7) is 1.13. The predicted molar refractivity (Wildman–Crippen MR) is 59.6 cm³/mol. The molecule has 0 saturated carbocycles. The maximum atomic E-state index is 11.4. The largest absolute Gasteiger partial charge is 0.477 e. The van der Waals surface area contributed by atoms with Crippen LogP contribution in [0.25, 0.3) is 0 Å². The molecule has 1 N–H and O–H groups in total. The van der Waals surface area contributed by atoms with Gasteiger partial charge in [-0.2, -0.15) is 5.10 Å². The number of carboxylic acid groups (broad SMARTS) is 1. The predicted octanol–water partition coefficient (Wildman–Crippen LogP) is 0.719. The third kappa shape index (κ3) is 2.35. The van der Waals surface area contributed by atoms with Gasteiger partial charge in [-0.15, -0.1) is 0 Å². The number of hydrogen-bond acceptors (Lipinski definition) is 5. The minimum atomic E-state index is -1.11. The first-order valence-electron chi connectivity index (χ1n) is 5.62. The molecular weight excluding hydrogens is 240 g/mol. The maximum absolute atomic E-state index is 11.4. The molecule has 0 unspecified atom stereocenters. The van der Waals surface area contributed by atoms with Crippen LogP contribution in [0.15, 0.2) is 6.07 Å². The fourth-order valence-corrected chi connectivity index (χ4v) is 1.97. The Morgan fingerprint density at radius 3 is 2.72 bits per heavy atom. The number of carboxylic acids is 1. The van der Waals surface area contributed by atoms with Crippen molar-refractivity contribution in [1.82, 2.24) is 9.78 Å². The van der Waals surface area contributed by atoms with Crippen molar-refractivity contribution in [2.45, 2.75) is 18.9 Å². The van der Waals surface area contributed by atoms with Crippen LogP contribution in [0.2, 0.25) is 0 Å². The number of aromatic nitrogens is 2. The van der Waals surface area contributed by atoms with Crippen LogP contribution in [0.5, 0.6) is 0 Å². The quantitative estimate of drug-likeness (QED) is 0.799. The van der Waals surface area contributed by atoms with Crippen molar-refractivity contribution >= 4 is 11.9 Å². The smallest absolute Gasteiger partial charge is 0.358 e. The van der Waals surface area contributed by atoms with Gasteiger partial charge in [-0.1, -0.05) is 0 Å². The summed E-state index contributed by atoms with van der Waals surface area (Å²) in [5, 5.41) is 13.2. The van der Waals surface area contributed by atoms with Crippen molar-refractivity contribution in [2.75, 3.05) is 20.3 Å². The third-order valence-electron chi connectivity index (χ3n) is 2.89. The fourth-order valence-electron chi connectivity index (χ4n) is 1.97. The number of methoxy groups -OCH3 is 1. The van der Waals surface area contributed by atoms with E-state index in [0.717, 1.165) is 0 Å². The van der Waals surface area contributed by atoms with Crippen molar-refractivity contribution in [1.29, 1.82) is 0 Å². The van der Waals surface area contributed by atoms with Gasteiger partial charge in [-0.3, -0.25) is 4.68 Å². The highest BCUT2D eigenvalue weighted by Crippen LogP contribution is 2.22. The molecule has 7 heteroatoms. The highest BCUT2D eigenvalue weighted by Gasteiger charge is 2.25. The van der Waals surface area contributed by atoms with E-state index in [-0.39, 0.29) is 17.4 Å².